The summed E-state index contributed by atoms with van der Waals surface area (Å²) in [5.74, 6) is 3.62. The Labute approximate surface area is 381 Å². The van der Waals surface area contributed by atoms with Gasteiger partial charge >= 0.3 is 0 Å². The van der Waals surface area contributed by atoms with Crippen LogP contribution >= 0.6 is 0 Å². The number of rotatable bonds is 2. The molecule has 4 heterocycles. The maximum Gasteiger partial charge on any atom is 0.262 e. The van der Waals surface area contributed by atoms with Gasteiger partial charge in [-0.1, -0.05) is 170 Å². The molecule has 0 amide bonds. The Morgan fingerprint density at radius 2 is 0.800 bits per heavy atom. The second-order valence-corrected chi connectivity index (χ2v) is 20.4. The van der Waals surface area contributed by atoms with Crippen molar-refractivity contribution in [3.63, 3.8) is 0 Å². The van der Waals surface area contributed by atoms with Gasteiger partial charge in [0.25, 0.3) is 6.71 Å². The van der Waals surface area contributed by atoms with Crippen LogP contribution < -0.4 is 35.7 Å². The zero-order valence-corrected chi connectivity index (χ0v) is 38.0. The van der Waals surface area contributed by atoms with Crippen molar-refractivity contribution in [2.75, 3.05) is 9.80 Å². The van der Waals surface area contributed by atoms with E-state index in [2.05, 4.69) is 228 Å². The molecule has 0 saturated carbocycles. The normalized spacial score (nSPS) is 15.7. The zero-order chi connectivity index (χ0) is 44.1. The highest BCUT2D eigenvalue weighted by atomic mass is 16.5. The van der Waals surface area contributed by atoms with Gasteiger partial charge in [0, 0.05) is 49.6 Å². The molecular weight excluding hydrogens is 791 g/mol. The lowest BCUT2D eigenvalue weighted by Crippen LogP contribution is -2.59. The van der Waals surface area contributed by atoms with Crippen molar-refractivity contribution in [2.24, 2.45) is 0 Å². The average Bonchev–Trinajstić information content (AvgIpc) is 3.31. The summed E-state index contributed by atoms with van der Waals surface area (Å²) in [7, 11) is 0. The molecule has 0 radical (unpaired) electrons. The van der Waals surface area contributed by atoms with Crippen LogP contribution in [-0.4, -0.2) is 6.71 Å². The lowest BCUT2D eigenvalue weighted by Gasteiger charge is -2.47. The molecule has 0 spiro atoms. The number of anilines is 6. The smallest absolute Gasteiger partial charge is 0.262 e. The van der Waals surface area contributed by atoms with Crippen LogP contribution in [0.1, 0.15) is 76.3 Å². The highest BCUT2D eigenvalue weighted by molar-refractivity contribution is 7.01. The minimum atomic E-state index is -0.429. The topological polar surface area (TPSA) is 24.9 Å². The van der Waals surface area contributed by atoms with Gasteiger partial charge in [0.15, 0.2) is 0 Å². The molecule has 4 nitrogen and oxygen atoms in total. The van der Waals surface area contributed by atoms with Gasteiger partial charge in [-0.25, -0.2) is 0 Å². The standard InChI is InChI=1S/C60H49BN2O2/c1-58(2,3)36-34-47-53-48(35-36)65-57-50-55(63(38-24-12-9-13-25-38)46-33-21-19-31-44(46)60(50,6)7)42-29-17-15-27-40(42)52(57)61(53)51-39-26-14-16-28-41(39)54-49(56(51)64-47)59(4,5)43-30-18-20-32-45(43)62(54)37-22-10-8-11-23-37/h8-35H,1-7H3. The molecular formula is C60H49BN2O2. The van der Waals surface area contributed by atoms with Gasteiger partial charge in [0.1, 0.15) is 23.0 Å². The van der Waals surface area contributed by atoms with E-state index in [1.54, 1.807) is 0 Å². The van der Waals surface area contributed by atoms with E-state index in [1.165, 1.54) is 83.0 Å². The minimum absolute atomic E-state index is 0.176. The molecule has 0 unspecified atom stereocenters. The lowest BCUT2D eigenvalue weighted by atomic mass is 9.33. The minimum Gasteiger partial charge on any atom is -0.458 e. The van der Waals surface area contributed by atoms with Gasteiger partial charge in [-0.3, -0.25) is 0 Å². The summed E-state index contributed by atoms with van der Waals surface area (Å²) in [4.78, 5) is 4.96. The fraction of sp³-hybridized carbons (Fsp3) is 0.167. The second-order valence-electron chi connectivity index (χ2n) is 20.4. The molecule has 314 valence electrons. The predicted octanol–water partition coefficient (Wildman–Crippen LogP) is 14.2. The molecule has 5 heteroatoms. The van der Waals surface area contributed by atoms with E-state index in [9.17, 15) is 0 Å². The average molecular weight is 841 g/mol. The molecule has 0 aromatic heterocycles. The first kappa shape index (κ1) is 38.2. The third kappa shape index (κ3) is 5.10. The predicted molar refractivity (Wildman–Crippen MR) is 271 cm³/mol. The lowest BCUT2D eigenvalue weighted by molar-refractivity contribution is 0.442. The molecule has 0 atom stereocenters. The third-order valence-electron chi connectivity index (χ3n) is 15.0. The molecule has 9 aromatic carbocycles. The van der Waals surface area contributed by atoms with Gasteiger partial charge in [-0.05, 0) is 92.3 Å². The van der Waals surface area contributed by atoms with E-state index in [0.717, 1.165) is 39.8 Å². The van der Waals surface area contributed by atoms with Crippen LogP contribution in [0.15, 0.2) is 170 Å². The number of fused-ring (bicyclic) bond motifs is 16. The van der Waals surface area contributed by atoms with Crippen molar-refractivity contribution >= 4 is 78.8 Å². The Morgan fingerprint density at radius 1 is 0.431 bits per heavy atom. The summed E-state index contributed by atoms with van der Waals surface area (Å²) >= 11 is 0. The maximum atomic E-state index is 7.69. The Kier molecular flexibility index (Phi) is 7.75. The SMILES string of the molecule is CC(C)(C)c1cc2c3c(c1)Oc1c4c(c5ccccc5c1B3c1c(c3c(c5ccccc15)N(c1ccccc1)c1ccccc1C3(C)C)O2)N(c1ccccc1)c1ccccc1C4(C)C. The van der Waals surface area contributed by atoms with Crippen LogP contribution in [0.25, 0.3) is 21.5 Å². The number of ether oxygens (including phenoxy) is 2. The summed E-state index contributed by atoms with van der Waals surface area (Å²) in [6.07, 6.45) is 0. The summed E-state index contributed by atoms with van der Waals surface area (Å²) in [6.45, 7) is 16.2. The largest absolute Gasteiger partial charge is 0.458 e. The number of hydrogen-bond donors (Lipinski definition) is 0. The number of hydrogen-bond acceptors (Lipinski definition) is 4. The van der Waals surface area contributed by atoms with Crippen LogP contribution in [0, 0.1) is 0 Å². The Morgan fingerprint density at radius 3 is 1.22 bits per heavy atom. The molecule has 65 heavy (non-hydrogen) atoms. The first-order chi connectivity index (χ1) is 31.4. The van der Waals surface area contributed by atoms with E-state index in [0.29, 0.717) is 0 Å². The van der Waals surface area contributed by atoms with Crippen LogP contribution in [0.5, 0.6) is 23.0 Å². The summed E-state index contributed by atoms with van der Waals surface area (Å²) in [6, 6.07) is 62.3. The molecule has 4 aliphatic heterocycles. The second kappa shape index (κ2) is 13.2. The summed E-state index contributed by atoms with van der Waals surface area (Å²) < 4.78 is 15.4. The van der Waals surface area contributed by atoms with E-state index in [4.69, 9.17) is 9.47 Å². The first-order valence-electron chi connectivity index (χ1n) is 23.1. The fourth-order valence-corrected chi connectivity index (χ4v) is 12.0. The summed E-state index contributed by atoms with van der Waals surface area (Å²) in [5.41, 5.74) is 15.5. The highest BCUT2D eigenvalue weighted by Crippen LogP contribution is 2.61. The fourth-order valence-electron chi connectivity index (χ4n) is 12.0. The molecule has 0 fully saturated rings. The maximum absolute atomic E-state index is 7.69. The van der Waals surface area contributed by atoms with Crippen LogP contribution in [0.4, 0.5) is 34.1 Å². The Bertz CT molecular complexity index is 3270. The van der Waals surface area contributed by atoms with Crippen molar-refractivity contribution in [3.05, 3.63) is 198 Å². The summed E-state index contributed by atoms with van der Waals surface area (Å²) in [5, 5.41) is 4.77. The van der Waals surface area contributed by atoms with Gasteiger partial charge in [0.05, 0.1) is 22.7 Å². The molecule has 0 N–H and O–H groups in total. The van der Waals surface area contributed by atoms with Crippen molar-refractivity contribution in [1.82, 2.24) is 0 Å². The number of nitrogens with zero attached hydrogens (tertiary/aromatic N) is 2. The van der Waals surface area contributed by atoms with Crippen molar-refractivity contribution < 1.29 is 9.47 Å². The van der Waals surface area contributed by atoms with Crippen molar-refractivity contribution in [3.8, 4) is 23.0 Å². The quantitative estimate of drug-likeness (QED) is 0.162. The van der Waals surface area contributed by atoms with Gasteiger partial charge < -0.3 is 19.3 Å². The highest BCUT2D eigenvalue weighted by Gasteiger charge is 2.51. The van der Waals surface area contributed by atoms with Crippen LogP contribution in [0.2, 0.25) is 0 Å². The third-order valence-corrected chi connectivity index (χ3v) is 15.0. The Balaban J connectivity index is 1.21. The van der Waals surface area contributed by atoms with Gasteiger partial charge in [0.2, 0.25) is 0 Å². The molecule has 0 aliphatic carbocycles. The molecule has 4 aliphatic rings. The molecule has 0 bridgehead atoms. The van der Waals surface area contributed by atoms with Crippen molar-refractivity contribution in [1.29, 1.82) is 0 Å². The molecule has 13 rings (SSSR count). The van der Waals surface area contributed by atoms with E-state index >= 15 is 0 Å². The zero-order valence-electron chi connectivity index (χ0n) is 38.0. The van der Waals surface area contributed by atoms with E-state index < -0.39 is 10.8 Å². The monoisotopic (exact) mass is 840 g/mol. The van der Waals surface area contributed by atoms with Gasteiger partial charge in [-0.2, -0.15) is 0 Å². The van der Waals surface area contributed by atoms with Crippen molar-refractivity contribution in [2.45, 2.75) is 64.7 Å². The number of para-hydroxylation sites is 4. The molecule has 9 aromatic rings. The first-order valence-corrected chi connectivity index (χ1v) is 23.1. The number of benzene rings is 9. The van der Waals surface area contributed by atoms with E-state index in [-0.39, 0.29) is 12.1 Å². The van der Waals surface area contributed by atoms with Gasteiger partial charge in [-0.15, -0.1) is 0 Å². The molecule has 0 saturated heterocycles. The van der Waals surface area contributed by atoms with E-state index in [1.807, 2.05) is 0 Å². The van der Waals surface area contributed by atoms with Crippen LogP contribution in [0.3, 0.4) is 0 Å². The Hall–Kier alpha value is -7.24. The van der Waals surface area contributed by atoms with Crippen LogP contribution in [-0.2, 0) is 16.2 Å².